The number of hydrogen-bond acceptors (Lipinski definition) is 3. The zero-order valence-corrected chi connectivity index (χ0v) is 14.6. The Hall–Kier alpha value is -2.08. The maximum atomic E-state index is 9.09. The smallest absolute Gasteiger partial charge is 0.148 e. The van der Waals surface area contributed by atoms with Gasteiger partial charge in [0, 0.05) is 11.6 Å². The first-order valence-electron chi connectivity index (χ1n) is 6.31. The Morgan fingerprint density at radius 1 is 1.09 bits per heavy atom. The Morgan fingerprint density at radius 2 is 1.77 bits per heavy atom. The molecule has 0 radical (unpaired) electrons. The van der Waals surface area contributed by atoms with E-state index in [2.05, 4.69) is 37.9 Å². The Balaban J connectivity index is 2.22. The molecular formula is C17H10Br2N2O. The lowest BCUT2D eigenvalue weighted by atomic mass is 10.1. The largest absolute Gasteiger partial charge is 0.486 e. The van der Waals surface area contributed by atoms with Crippen molar-refractivity contribution in [3.05, 3.63) is 68.1 Å². The van der Waals surface area contributed by atoms with Gasteiger partial charge in [0.15, 0.2) is 0 Å². The quantitative estimate of drug-likeness (QED) is 0.642. The van der Waals surface area contributed by atoms with E-state index in [9.17, 15) is 0 Å². The highest BCUT2D eigenvalue weighted by Gasteiger charge is 2.10. The molecule has 22 heavy (non-hydrogen) atoms. The van der Waals surface area contributed by atoms with Crippen molar-refractivity contribution in [2.24, 2.45) is 0 Å². The minimum absolute atomic E-state index is 0.300. The third-order valence-corrected chi connectivity index (χ3v) is 4.06. The normalized spacial score (nSPS) is 10.2. The van der Waals surface area contributed by atoms with Crippen LogP contribution in [0.3, 0.4) is 0 Å². The number of nitriles is 2. The molecule has 108 valence electrons. The van der Waals surface area contributed by atoms with Gasteiger partial charge in [-0.1, -0.05) is 18.2 Å². The topological polar surface area (TPSA) is 56.8 Å². The van der Waals surface area contributed by atoms with Gasteiger partial charge >= 0.3 is 0 Å². The van der Waals surface area contributed by atoms with Gasteiger partial charge in [-0.2, -0.15) is 10.5 Å². The van der Waals surface area contributed by atoms with E-state index in [0.29, 0.717) is 17.9 Å². The van der Waals surface area contributed by atoms with Crippen molar-refractivity contribution in [1.82, 2.24) is 0 Å². The van der Waals surface area contributed by atoms with Crippen molar-refractivity contribution in [2.45, 2.75) is 6.61 Å². The molecule has 0 aromatic heterocycles. The summed E-state index contributed by atoms with van der Waals surface area (Å²) in [6.45, 7) is 0.300. The van der Waals surface area contributed by atoms with E-state index in [-0.39, 0.29) is 0 Å². The highest BCUT2D eigenvalue weighted by atomic mass is 79.9. The van der Waals surface area contributed by atoms with Gasteiger partial charge in [-0.3, -0.25) is 0 Å². The number of rotatable bonds is 4. The SMILES string of the molecule is N#CC=Cc1cc(Br)c(OCc2ccccc2C#N)c(Br)c1. The first-order valence-corrected chi connectivity index (χ1v) is 7.90. The molecule has 0 spiro atoms. The van der Waals surface area contributed by atoms with Crippen molar-refractivity contribution in [3.8, 4) is 17.9 Å². The molecular weight excluding hydrogens is 408 g/mol. The molecule has 0 aliphatic rings. The molecule has 0 aliphatic heterocycles. The molecule has 0 atom stereocenters. The van der Waals surface area contributed by atoms with Crippen LogP contribution >= 0.6 is 31.9 Å². The van der Waals surface area contributed by atoms with Crippen LogP contribution in [-0.4, -0.2) is 0 Å². The minimum Gasteiger partial charge on any atom is -0.486 e. The third kappa shape index (κ3) is 3.98. The van der Waals surface area contributed by atoms with Gasteiger partial charge in [-0.15, -0.1) is 0 Å². The number of benzene rings is 2. The predicted octanol–water partition coefficient (Wildman–Crippen LogP) is 5.20. The van der Waals surface area contributed by atoms with Crippen molar-refractivity contribution in [2.75, 3.05) is 0 Å². The highest BCUT2D eigenvalue weighted by molar-refractivity contribution is 9.11. The fourth-order valence-corrected chi connectivity index (χ4v) is 3.30. The lowest BCUT2D eigenvalue weighted by molar-refractivity contribution is 0.302. The van der Waals surface area contributed by atoms with Gasteiger partial charge in [0.05, 0.1) is 26.6 Å². The first kappa shape index (κ1) is 16.3. The summed E-state index contributed by atoms with van der Waals surface area (Å²) in [5, 5.41) is 17.7. The van der Waals surface area contributed by atoms with Crippen LogP contribution in [0.4, 0.5) is 0 Å². The Morgan fingerprint density at radius 3 is 2.41 bits per heavy atom. The second kappa shape index (κ2) is 7.79. The summed E-state index contributed by atoms with van der Waals surface area (Å²) in [5.74, 6) is 0.654. The third-order valence-electron chi connectivity index (χ3n) is 2.88. The molecule has 0 aliphatic carbocycles. The van der Waals surface area contributed by atoms with Crippen LogP contribution in [0.25, 0.3) is 6.08 Å². The molecule has 2 aromatic carbocycles. The highest BCUT2D eigenvalue weighted by Crippen LogP contribution is 2.35. The van der Waals surface area contributed by atoms with Gasteiger partial charge in [0.2, 0.25) is 0 Å². The summed E-state index contributed by atoms with van der Waals surface area (Å²) in [6.07, 6.45) is 3.13. The maximum Gasteiger partial charge on any atom is 0.148 e. The van der Waals surface area contributed by atoms with Gasteiger partial charge < -0.3 is 4.74 Å². The molecule has 0 heterocycles. The van der Waals surface area contributed by atoms with Crippen molar-refractivity contribution in [1.29, 1.82) is 10.5 Å². The summed E-state index contributed by atoms with van der Waals surface area (Å²) in [4.78, 5) is 0. The Kier molecular flexibility index (Phi) is 5.77. The summed E-state index contributed by atoms with van der Waals surface area (Å²) < 4.78 is 7.37. The molecule has 3 nitrogen and oxygen atoms in total. The second-order valence-electron chi connectivity index (χ2n) is 4.33. The number of halogens is 2. The van der Waals surface area contributed by atoms with Crippen LogP contribution in [0.15, 0.2) is 51.4 Å². The zero-order valence-electron chi connectivity index (χ0n) is 11.4. The van der Waals surface area contributed by atoms with Gasteiger partial charge in [-0.05, 0) is 61.7 Å². The van der Waals surface area contributed by atoms with E-state index >= 15 is 0 Å². The molecule has 0 N–H and O–H groups in total. The second-order valence-corrected chi connectivity index (χ2v) is 6.04. The molecule has 0 fully saturated rings. The van der Waals surface area contributed by atoms with Crippen LogP contribution in [0.2, 0.25) is 0 Å². The van der Waals surface area contributed by atoms with E-state index in [1.807, 2.05) is 36.4 Å². The van der Waals surface area contributed by atoms with E-state index in [1.165, 1.54) is 6.08 Å². The first-order chi connectivity index (χ1) is 10.7. The van der Waals surface area contributed by atoms with Gasteiger partial charge in [-0.25, -0.2) is 0 Å². The molecule has 0 bridgehead atoms. The van der Waals surface area contributed by atoms with Crippen LogP contribution in [-0.2, 0) is 6.61 Å². The minimum atomic E-state index is 0.300. The Labute approximate surface area is 145 Å². The van der Waals surface area contributed by atoms with Gasteiger partial charge in [0.1, 0.15) is 12.4 Å². The van der Waals surface area contributed by atoms with Gasteiger partial charge in [0.25, 0.3) is 0 Å². The molecule has 0 unspecified atom stereocenters. The summed E-state index contributed by atoms with van der Waals surface area (Å²) in [6, 6.07) is 15.2. The average molecular weight is 418 g/mol. The summed E-state index contributed by atoms with van der Waals surface area (Å²) in [5.41, 5.74) is 2.31. The number of ether oxygens (including phenoxy) is 1. The Bertz CT molecular complexity index is 778. The summed E-state index contributed by atoms with van der Waals surface area (Å²) >= 11 is 6.92. The summed E-state index contributed by atoms with van der Waals surface area (Å²) in [7, 11) is 0. The van der Waals surface area contributed by atoms with Crippen LogP contribution < -0.4 is 4.74 Å². The lowest BCUT2D eigenvalue weighted by Crippen LogP contribution is -1.99. The van der Waals surface area contributed by atoms with Crippen LogP contribution in [0.5, 0.6) is 5.75 Å². The fraction of sp³-hybridized carbons (Fsp3) is 0.0588. The zero-order chi connectivity index (χ0) is 15.9. The molecule has 0 saturated carbocycles. The number of allylic oxidation sites excluding steroid dienone is 1. The molecule has 0 saturated heterocycles. The predicted molar refractivity (Wildman–Crippen MR) is 92.0 cm³/mol. The molecule has 2 aromatic rings. The molecule has 5 heteroatoms. The van der Waals surface area contributed by atoms with E-state index in [1.54, 1.807) is 12.1 Å². The fourth-order valence-electron chi connectivity index (χ4n) is 1.85. The van der Waals surface area contributed by atoms with Crippen molar-refractivity contribution < 1.29 is 4.74 Å². The molecule has 2 rings (SSSR count). The maximum absolute atomic E-state index is 9.09. The van der Waals surface area contributed by atoms with Crippen molar-refractivity contribution >= 4 is 37.9 Å². The lowest BCUT2D eigenvalue weighted by Gasteiger charge is -2.12. The number of nitrogens with zero attached hydrogens (tertiary/aromatic N) is 2. The number of hydrogen-bond donors (Lipinski definition) is 0. The van der Waals surface area contributed by atoms with Crippen LogP contribution in [0.1, 0.15) is 16.7 Å². The van der Waals surface area contributed by atoms with E-state index in [4.69, 9.17) is 15.3 Å². The monoisotopic (exact) mass is 416 g/mol. The standard InChI is InChI=1S/C17H10Br2N2O/c18-15-8-12(4-3-7-20)9-16(19)17(15)22-11-14-6-2-1-5-13(14)10-21/h1-6,8-9H,11H2. The van der Waals surface area contributed by atoms with Crippen molar-refractivity contribution in [3.63, 3.8) is 0 Å². The van der Waals surface area contributed by atoms with E-state index < -0.39 is 0 Å². The van der Waals surface area contributed by atoms with Crippen LogP contribution in [0, 0.1) is 22.7 Å². The average Bonchev–Trinajstić information content (AvgIpc) is 2.52. The molecule has 0 amide bonds. The van der Waals surface area contributed by atoms with E-state index in [0.717, 1.165) is 20.1 Å².